The summed E-state index contributed by atoms with van der Waals surface area (Å²) in [7, 11) is 0. The van der Waals surface area contributed by atoms with Crippen LogP contribution in [0.1, 0.15) is 5.56 Å². The zero-order chi connectivity index (χ0) is 19.3. The average Bonchev–Trinajstić information content (AvgIpc) is 2.76. The Labute approximate surface area is 159 Å². The Bertz CT molecular complexity index is 1480. The van der Waals surface area contributed by atoms with Gasteiger partial charge in [-0.05, 0) is 18.2 Å². The molecule has 28 heavy (non-hydrogen) atoms. The average molecular weight is 368 g/mol. The predicted octanol–water partition coefficient (Wildman–Crippen LogP) is 3.22. The van der Waals surface area contributed by atoms with Crippen molar-refractivity contribution in [1.29, 1.82) is 0 Å². The molecule has 5 rings (SSSR count). The monoisotopic (exact) mass is 368 g/mol. The number of hydrogen-bond acceptors (Lipinski definition) is 3. The summed E-state index contributed by atoms with van der Waals surface area (Å²) in [6.07, 6.45) is 0. The molecular formula is C23H16N2O3. The van der Waals surface area contributed by atoms with Gasteiger partial charge in [0.25, 0.3) is 11.1 Å². The normalized spacial score (nSPS) is 11.5. The van der Waals surface area contributed by atoms with Crippen LogP contribution in [0, 0.1) is 0 Å². The van der Waals surface area contributed by atoms with Gasteiger partial charge < -0.3 is 5.11 Å². The van der Waals surface area contributed by atoms with E-state index in [0.29, 0.717) is 27.5 Å². The summed E-state index contributed by atoms with van der Waals surface area (Å²) in [6.45, 7) is -0.255. The minimum Gasteiger partial charge on any atom is -0.392 e. The van der Waals surface area contributed by atoms with Gasteiger partial charge in [0.2, 0.25) is 0 Å². The summed E-state index contributed by atoms with van der Waals surface area (Å²) < 4.78 is 2.81. The second-order valence-electron chi connectivity index (χ2n) is 6.65. The first kappa shape index (κ1) is 16.5. The second-order valence-corrected chi connectivity index (χ2v) is 6.65. The fourth-order valence-corrected chi connectivity index (χ4v) is 3.91. The van der Waals surface area contributed by atoms with Crippen molar-refractivity contribution in [2.75, 3.05) is 0 Å². The second kappa shape index (κ2) is 6.18. The molecule has 2 heterocycles. The maximum absolute atomic E-state index is 13.5. The number of rotatable bonds is 2. The van der Waals surface area contributed by atoms with E-state index in [9.17, 15) is 14.7 Å². The van der Waals surface area contributed by atoms with Crippen LogP contribution in [0.2, 0.25) is 0 Å². The van der Waals surface area contributed by atoms with Gasteiger partial charge in [0.15, 0.2) is 0 Å². The number of fused-ring (bicyclic) bond motifs is 4. The molecular weight excluding hydrogens is 352 g/mol. The molecule has 5 aromatic rings. The maximum Gasteiger partial charge on any atom is 0.278 e. The lowest BCUT2D eigenvalue weighted by Gasteiger charge is -2.18. The van der Waals surface area contributed by atoms with Gasteiger partial charge in [-0.1, -0.05) is 60.7 Å². The van der Waals surface area contributed by atoms with E-state index < -0.39 is 0 Å². The molecule has 1 N–H and O–H groups in total. The van der Waals surface area contributed by atoms with Crippen LogP contribution in [0.15, 0.2) is 88.5 Å². The van der Waals surface area contributed by atoms with Gasteiger partial charge >= 0.3 is 0 Å². The van der Waals surface area contributed by atoms with E-state index in [1.807, 2.05) is 48.5 Å². The molecule has 5 heteroatoms. The molecule has 5 nitrogen and oxygen atoms in total. The molecule has 136 valence electrons. The van der Waals surface area contributed by atoms with E-state index >= 15 is 0 Å². The minimum atomic E-state index is -0.297. The lowest BCUT2D eigenvalue weighted by atomic mass is 10.0. The third kappa shape index (κ3) is 2.17. The van der Waals surface area contributed by atoms with E-state index in [0.717, 1.165) is 10.9 Å². The van der Waals surface area contributed by atoms with Crippen LogP contribution in [0.25, 0.3) is 32.9 Å². The molecule has 0 saturated heterocycles. The highest BCUT2D eigenvalue weighted by molar-refractivity contribution is 5.89. The maximum atomic E-state index is 13.5. The van der Waals surface area contributed by atoms with Crippen LogP contribution in [0.4, 0.5) is 0 Å². The van der Waals surface area contributed by atoms with Gasteiger partial charge in [-0.25, -0.2) is 9.03 Å². The molecule has 0 amide bonds. The van der Waals surface area contributed by atoms with Gasteiger partial charge in [0.05, 0.1) is 28.6 Å². The van der Waals surface area contributed by atoms with Crippen LogP contribution < -0.4 is 11.1 Å². The van der Waals surface area contributed by atoms with Crippen molar-refractivity contribution in [1.82, 2.24) is 9.03 Å². The molecule has 0 fully saturated rings. The van der Waals surface area contributed by atoms with Gasteiger partial charge in [0.1, 0.15) is 0 Å². The van der Waals surface area contributed by atoms with Crippen LogP contribution in [-0.2, 0) is 6.61 Å². The van der Waals surface area contributed by atoms with Crippen molar-refractivity contribution < 1.29 is 5.11 Å². The molecule has 3 aromatic carbocycles. The van der Waals surface area contributed by atoms with Crippen molar-refractivity contribution in [2.45, 2.75) is 6.61 Å². The molecule has 0 aliphatic heterocycles. The summed E-state index contributed by atoms with van der Waals surface area (Å²) in [5.41, 5.74) is 1.90. The molecule has 0 aliphatic carbocycles. The summed E-state index contributed by atoms with van der Waals surface area (Å²) >= 11 is 0. The van der Waals surface area contributed by atoms with Gasteiger partial charge in [-0.15, -0.1) is 0 Å². The van der Waals surface area contributed by atoms with Crippen molar-refractivity contribution in [3.05, 3.63) is 105 Å². The summed E-state index contributed by atoms with van der Waals surface area (Å²) in [5, 5.41) is 11.7. The van der Waals surface area contributed by atoms with E-state index in [1.165, 1.54) is 9.03 Å². The molecule has 0 bridgehead atoms. The Kier molecular flexibility index (Phi) is 3.64. The lowest BCUT2D eigenvalue weighted by Crippen LogP contribution is -2.32. The minimum absolute atomic E-state index is 0.255. The number of aliphatic hydroxyl groups excluding tert-OH is 1. The van der Waals surface area contributed by atoms with E-state index in [-0.39, 0.29) is 17.7 Å². The molecule has 0 unspecified atom stereocenters. The van der Waals surface area contributed by atoms with Crippen LogP contribution in [0.5, 0.6) is 0 Å². The quantitative estimate of drug-likeness (QED) is 0.384. The Morgan fingerprint density at radius 3 is 1.82 bits per heavy atom. The van der Waals surface area contributed by atoms with Crippen LogP contribution >= 0.6 is 0 Å². The van der Waals surface area contributed by atoms with E-state index in [2.05, 4.69) is 0 Å². The number of para-hydroxylation sites is 1. The molecule has 2 aromatic heterocycles. The largest absolute Gasteiger partial charge is 0.392 e. The van der Waals surface area contributed by atoms with Crippen LogP contribution in [0.3, 0.4) is 0 Å². The number of nitrogens with zero attached hydrogens (tertiary/aromatic N) is 2. The SMILES string of the molecule is O=c1c2ccccc2c(=O)n2c3ccccc3c(CO)c(-c3ccccc3)n12. The van der Waals surface area contributed by atoms with E-state index in [4.69, 9.17) is 0 Å². The fourth-order valence-electron chi connectivity index (χ4n) is 3.91. The topological polar surface area (TPSA) is 63.2 Å². The number of benzene rings is 3. The first-order valence-corrected chi connectivity index (χ1v) is 8.99. The van der Waals surface area contributed by atoms with Gasteiger partial charge in [0, 0.05) is 16.5 Å². The number of aliphatic hydroxyl groups is 1. The zero-order valence-corrected chi connectivity index (χ0v) is 14.9. The lowest BCUT2D eigenvalue weighted by molar-refractivity contribution is 0.283. The van der Waals surface area contributed by atoms with Gasteiger partial charge in [-0.3, -0.25) is 9.59 Å². The third-order valence-corrected chi connectivity index (χ3v) is 5.13. The third-order valence-electron chi connectivity index (χ3n) is 5.13. The number of hydrogen-bond donors (Lipinski definition) is 1. The number of aromatic nitrogens is 2. The Hall–Kier alpha value is -3.70. The Morgan fingerprint density at radius 1 is 0.643 bits per heavy atom. The van der Waals surface area contributed by atoms with Crippen LogP contribution in [-0.4, -0.2) is 14.1 Å². The van der Waals surface area contributed by atoms with Gasteiger partial charge in [-0.2, -0.15) is 0 Å². The van der Waals surface area contributed by atoms with Crippen molar-refractivity contribution in [2.24, 2.45) is 0 Å². The highest BCUT2D eigenvalue weighted by Gasteiger charge is 2.19. The molecule has 0 aliphatic rings. The first-order chi connectivity index (χ1) is 13.7. The van der Waals surface area contributed by atoms with Crippen molar-refractivity contribution >= 4 is 21.7 Å². The smallest absolute Gasteiger partial charge is 0.278 e. The molecule has 0 radical (unpaired) electrons. The zero-order valence-electron chi connectivity index (χ0n) is 14.9. The van der Waals surface area contributed by atoms with E-state index in [1.54, 1.807) is 30.3 Å². The highest BCUT2D eigenvalue weighted by Crippen LogP contribution is 2.29. The Balaban J connectivity index is 2.20. The predicted molar refractivity (Wildman–Crippen MR) is 110 cm³/mol. The fraction of sp³-hybridized carbons (Fsp3) is 0.0435. The first-order valence-electron chi connectivity index (χ1n) is 8.99. The Morgan fingerprint density at radius 2 is 1.18 bits per heavy atom. The highest BCUT2D eigenvalue weighted by atomic mass is 16.3. The van der Waals surface area contributed by atoms with Crippen molar-refractivity contribution in [3.63, 3.8) is 0 Å². The summed E-state index contributed by atoms with van der Waals surface area (Å²) in [4.78, 5) is 26.8. The molecule has 0 atom stereocenters. The standard InChI is InChI=1S/C23H16N2O3/c26-14-19-16-10-6-7-13-20(16)24-22(27)17-11-4-5-12-18(17)23(28)25(24)21(19)15-8-2-1-3-9-15/h1-13,26H,14H2. The summed E-state index contributed by atoms with van der Waals surface area (Å²) in [5.74, 6) is 0. The van der Waals surface area contributed by atoms with Crippen molar-refractivity contribution in [3.8, 4) is 11.3 Å². The molecule has 0 saturated carbocycles. The summed E-state index contributed by atoms with van der Waals surface area (Å²) in [6, 6.07) is 23.5. The molecule has 0 spiro atoms.